The van der Waals surface area contributed by atoms with Crippen LogP contribution in [0.15, 0.2) is 71.2 Å². The number of amides is 1. The number of nitrogens with one attached hydrogen (secondary N) is 1. The van der Waals surface area contributed by atoms with Gasteiger partial charge in [0.05, 0.1) is 17.6 Å². The van der Waals surface area contributed by atoms with E-state index in [0.29, 0.717) is 41.1 Å². The minimum absolute atomic E-state index is 0.0298. The van der Waals surface area contributed by atoms with Crippen molar-refractivity contribution in [2.75, 3.05) is 0 Å². The molecule has 0 radical (unpaired) electrons. The highest BCUT2D eigenvalue weighted by molar-refractivity contribution is 6.30. The fraction of sp³-hybridized carbons (Fsp3) is 0.208. The smallest absolute Gasteiger partial charge is 0.270 e. The lowest BCUT2D eigenvalue weighted by Gasteiger charge is -2.39. The molecule has 2 aromatic carbocycles. The normalized spacial score (nSPS) is 18.5. The van der Waals surface area contributed by atoms with E-state index in [1.165, 1.54) is 5.01 Å². The Morgan fingerprint density at radius 3 is 2.48 bits per heavy atom. The summed E-state index contributed by atoms with van der Waals surface area (Å²) < 4.78 is 0. The topological polar surface area (TPSA) is 99.2 Å². The molecule has 1 atom stereocenters. The van der Waals surface area contributed by atoms with Gasteiger partial charge in [0.2, 0.25) is 0 Å². The number of hydrazine groups is 1. The summed E-state index contributed by atoms with van der Waals surface area (Å²) in [7, 11) is 0. The molecule has 0 saturated heterocycles. The molecule has 6 nitrogen and oxygen atoms in total. The summed E-state index contributed by atoms with van der Waals surface area (Å²) >= 11 is 5.91. The molecule has 1 aliphatic carbocycles. The summed E-state index contributed by atoms with van der Waals surface area (Å²) in [6, 6.07) is 16.3. The molecule has 0 bridgehead atoms. The lowest BCUT2D eigenvalue weighted by molar-refractivity contribution is -0.116. The molecule has 1 amide bonds. The fourth-order valence-electron chi connectivity index (χ4n) is 4.07. The molecule has 0 spiro atoms. The molecule has 2 aliphatic rings. The van der Waals surface area contributed by atoms with Crippen molar-refractivity contribution < 1.29 is 9.59 Å². The van der Waals surface area contributed by atoms with E-state index in [1.54, 1.807) is 24.3 Å². The van der Waals surface area contributed by atoms with Crippen molar-refractivity contribution in [3.8, 4) is 6.07 Å². The van der Waals surface area contributed by atoms with Crippen LogP contribution < -0.4 is 11.2 Å². The largest absolute Gasteiger partial charge is 0.383 e. The predicted octanol–water partition coefficient (Wildman–Crippen LogP) is 4.09. The maximum absolute atomic E-state index is 13.0. The Morgan fingerprint density at radius 2 is 1.84 bits per heavy atom. The number of nitriles is 1. The van der Waals surface area contributed by atoms with E-state index in [9.17, 15) is 14.9 Å². The van der Waals surface area contributed by atoms with Gasteiger partial charge in [0, 0.05) is 28.3 Å². The number of hydrogen-bond acceptors (Lipinski definition) is 5. The Kier molecular flexibility index (Phi) is 5.53. The monoisotopic (exact) mass is 432 g/mol. The molecule has 3 N–H and O–H groups in total. The van der Waals surface area contributed by atoms with Gasteiger partial charge in [-0.1, -0.05) is 41.4 Å². The molecule has 0 aromatic heterocycles. The van der Waals surface area contributed by atoms with Crippen LogP contribution in [-0.2, 0) is 4.79 Å². The molecule has 2 aromatic rings. The van der Waals surface area contributed by atoms with Gasteiger partial charge in [0.1, 0.15) is 5.82 Å². The van der Waals surface area contributed by atoms with Gasteiger partial charge in [-0.25, -0.2) is 5.01 Å². The number of nitrogens with zero attached hydrogens (tertiary/aromatic N) is 2. The number of carbonyl (C=O) groups excluding carboxylic acids is 2. The van der Waals surface area contributed by atoms with Crippen molar-refractivity contribution in [2.24, 2.45) is 5.73 Å². The van der Waals surface area contributed by atoms with Crippen LogP contribution in [-0.4, -0.2) is 16.7 Å². The minimum Gasteiger partial charge on any atom is -0.383 e. The number of ketones is 1. The Labute approximate surface area is 185 Å². The molecule has 0 fully saturated rings. The van der Waals surface area contributed by atoms with E-state index in [1.807, 2.05) is 31.2 Å². The predicted molar refractivity (Wildman–Crippen MR) is 117 cm³/mol. The zero-order chi connectivity index (χ0) is 22.1. The molecule has 7 heteroatoms. The second-order valence-corrected chi connectivity index (χ2v) is 8.11. The van der Waals surface area contributed by atoms with Crippen molar-refractivity contribution in [2.45, 2.75) is 32.1 Å². The lowest BCUT2D eigenvalue weighted by atomic mass is 9.76. The number of aryl methyl sites for hydroxylation is 1. The third kappa shape index (κ3) is 3.80. The maximum atomic E-state index is 13.0. The van der Waals surface area contributed by atoms with Gasteiger partial charge in [-0.3, -0.25) is 15.0 Å². The van der Waals surface area contributed by atoms with Crippen LogP contribution in [0.4, 0.5) is 0 Å². The third-order valence-corrected chi connectivity index (χ3v) is 5.90. The molecule has 31 heavy (non-hydrogen) atoms. The van der Waals surface area contributed by atoms with Gasteiger partial charge in [-0.05, 0) is 49.6 Å². The van der Waals surface area contributed by atoms with Gasteiger partial charge in [0.25, 0.3) is 5.91 Å². The van der Waals surface area contributed by atoms with Crippen molar-refractivity contribution in [1.82, 2.24) is 10.4 Å². The zero-order valence-corrected chi connectivity index (χ0v) is 17.7. The standard InChI is InChI=1S/C24H21ClN4O2/c1-14-5-7-15(8-6-14)21-18(13-26)23(27)29(19-3-2-4-20(30)22(19)21)28-24(31)16-9-11-17(25)12-10-16/h5-12,21H,2-4,27H2,1H3,(H,28,31). The SMILES string of the molecule is Cc1ccc(C2C(C#N)=C(N)N(NC(=O)c3ccc(Cl)cc3)C3=C2C(=O)CCC3)cc1. The van der Waals surface area contributed by atoms with Crippen molar-refractivity contribution in [3.05, 3.63) is 92.9 Å². The number of nitrogens with two attached hydrogens (primary N) is 1. The van der Waals surface area contributed by atoms with Crippen LogP contribution in [0.5, 0.6) is 0 Å². The Bertz CT molecular complexity index is 1160. The van der Waals surface area contributed by atoms with Crippen LogP contribution in [0.25, 0.3) is 0 Å². The quantitative estimate of drug-likeness (QED) is 0.760. The lowest BCUT2D eigenvalue weighted by Crippen LogP contribution is -2.48. The number of halogens is 1. The van der Waals surface area contributed by atoms with Crippen LogP contribution in [0, 0.1) is 18.3 Å². The van der Waals surface area contributed by atoms with Gasteiger partial charge in [-0.15, -0.1) is 0 Å². The summed E-state index contributed by atoms with van der Waals surface area (Å²) in [5, 5.41) is 11.9. The Hall–Kier alpha value is -3.56. The highest BCUT2D eigenvalue weighted by Gasteiger charge is 2.40. The van der Waals surface area contributed by atoms with Crippen LogP contribution in [0.2, 0.25) is 5.02 Å². The Morgan fingerprint density at radius 1 is 1.16 bits per heavy atom. The van der Waals surface area contributed by atoms with E-state index >= 15 is 0 Å². The van der Waals surface area contributed by atoms with Crippen LogP contribution in [0.3, 0.4) is 0 Å². The first-order valence-corrected chi connectivity index (χ1v) is 10.4. The molecule has 1 aliphatic heterocycles. The number of carbonyl (C=O) groups is 2. The molecular formula is C24H21ClN4O2. The van der Waals surface area contributed by atoms with Gasteiger partial charge >= 0.3 is 0 Å². The van der Waals surface area contributed by atoms with E-state index in [0.717, 1.165) is 11.1 Å². The van der Waals surface area contributed by atoms with E-state index < -0.39 is 11.8 Å². The number of hydrogen-bond donors (Lipinski definition) is 2. The summed E-state index contributed by atoms with van der Waals surface area (Å²) in [5.41, 5.74) is 12.9. The fourth-order valence-corrected chi connectivity index (χ4v) is 4.20. The molecule has 156 valence electrons. The highest BCUT2D eigenvalue weighted by Crippen LogP contribution is 2.44. The maximum Gasteiger partial charge on any atom is 0.270 e. The van der Waals surface area contributed by atoms with Crippen molar-refractivity contribution in [3.63, 3.8) is 0 Å². The minimum atomic E-state index is -0.544. The number of allylic oxidation sites excluding steroid dienone is 3. The first-order valence-electron chi connectivity index (χ1n) is 10.00. The number of Topliss-reactive ketones (excluding diaryl/α,β-unsaturated/α-hetero) is 1. The second-order valence-electron chi connectivity index (χ2n) is 7.67. The number of rotatable bonds is 3. The second kappa shape index (κ2) is 8.29. The van der Waals surface area contributed by atoms with Gasteiger partial charge in [0.15, 0.2) is 5.78 Å². The molecule has 1 heterocycles. The van der Waals surface area contributed by atoms with Crippen molar-refractivity contribution in [1.29, 1.82) is 5.26 Å². The number of benzene rings is 2. The third-order valence-electron chi connectivity index (χ3n) is 5.64. The highest BCUT2D eigenvalue weighted by atomic mass is 35.5. The Balaban J connectivity index is 1.79. The van der Waals surface area contributed by atoms with Gasteiger partial charge < -0.3 is 5.73 Å². The van der Waals surface area contributed by atoms with E-state index in [2.05, 4.69) is 11.5 Å². The van der Waals surface area contributed by atoms with Gasteiger partial charge in [-0.2, -0.15) is 5.26 Å². The van der Waals surface area contributed by atoms with E-state index in [-0.39, 0.29) is 17.2 Å². The first kappa shape index (κ1) is 20.7. The molecule has 4 rings (SSSR count). The van der Waals surface area contributed by atoms with Crippen LogP contribution in [0.1, 0.15) is 46.7 Å². The average Bonchev–Trinajstić information content (AvgIpc) is 2.76. The summed E-state index contributed by atoms with van der Waals surface area (Å²) in [4.78, 5) is 25.8. The summed E-state index contributed by atoms with van der Waals surface area (Å²) in [6.45, 7) is 1.98. The van der Waals surface area contributed by atoms with E-state index in [4.69, 9.17) is 17.3 Å². The van der Waals surface area contributed by atoms with Crippen molar-refractivity contribution >= 4 is 23.3 Å². The molecule has 1 unspecified atom stereocenters. The first-order chi connectivity index (χ1) is 14.9. The summed E-state index contributed by atoms with van der Waals surface area (Å²) in [6.07, 6.45) is 1.63. The van der Waals surface area contributed by atoms with Crippen LogP contribution >= 0.6 is 11.6 Å². The average molecular weight is 433 g/mol. The zero-order valence-electron chi connectivity index (χ0n) is 17.0. The summed E-state index contributed by atoms with van der Waals surface area (Å²) in [5.74, 6) is -0.852. The molecule has 0 saturated carbocycles. The molecular weight excluding hydrogens is 412 g/mol.